The number of rotatable bonds is 6. The van der Waals surface area contributed by atoms with E-state index in [0.29, 0.717) is 22.9 Å². The largest absolute Gasteiger partial charge is 0.487 e. The highest BCUT2D eigenvalue weighted by molar-refractivity contribution is 6.39. The molecule has 3 aromatic rings. The molecule has 1 N–H and O–H groups in total. The van der Waals surface area contributed by atoms with Crippen molar-refractivity contribution >= 4 is 47.2 Å². The number of nitrogens with zero attached hydrogens (tertiary/aromatic N) is 1. The lowest BCUT2D eigenvalue weighted by atomic mass is 10.1. The molecule has 4 rings (SSSR count). The zero-order chi connectivity index (χ0) is 24.9. The molecule has 0 aliphatic carbocycles. The monoisotopic (exact) mass is 490 g/mol. The van der Waals surface area contributed by atoms with E-state index in [1.807, 2.05) is 30.3 Å². The van der Waals surface area contributed by atoms with Gasteiger partial charge < -0.3 is 9.47 Å². The van der Waals surface area contributed by atoms with E-state index < -0.39 is 23.8 Å². The molecule has 0 aromatic heterocycles. The summed E-state index contributed by atoms with van der Waals surface area (Å²) < 4.78 is 10.4. The number of ether oxygens (including phenoxy) is 2. The molecule has 0 spiro atoms. The zero-order valence-corrected chi connectivity index (χ0v) is 19.2. The van der Waals surface area contributed by atoms with Crippen molar-refractivity contribution in [2.45, 2.75) is 6.61 Å². The SMILES string of the molecule is COC(=O)c1ccc(N2C(=O)NC(=O)/C(=C\c3ccc(OCc4ccccc4)c(Cl)c3)C2=O)cc1. The molecular formula is C26H19ClN2O6. The standard InChI is InChI=1S/C26H19ClN2O6/c1-34-25(32)18-8-10-19(11-9-18)29-24(31)20(23(30)28-26(29)33)13-17-7-12-22(21(27)14-17)35-15-16-5-3-2-4-6-16/h2-14H,15H2,1H3,(H,28,30,33)/b20-13+. The number of carbonyl (C=O) groups excluding carboxylic acids is 4. The van der Waals surface area contributed by atoms with Gasteiger partial charge in [-0.1, -0.05) is 48.0 Å². The summed E-state index contributed by atoms with van der Waals surface area (Å²) in [5.41, 5.74) is 1.62. The molecule has 1 aliphatic heterocycles. The number of methoxy groups -OCH3 is 1. The average molecular weight is 491 g/mol. The van der Waals surface area contributed by atoms with Crippen LogP contribution in [0.3, 0.4) is 0 Å². The second-order valence-electron chi connectivity index (χ2n) is 7.46. The van der Waals surface area contributed by atoms with Crippen LogP contribution < -0.4 is 15.0 Å². The predicted molar refractivity (Wildman–Crippen MR) is 129 cm³/mol. The fourth-order valence-electron chi connectivity index (χ4n) is 3.38. The van der Waals surface area contributed by atoms with Crippen LogP contribution in [0.15, 0.2) is 78.4 Å². The molecule has 0 atom stereocenters. The molecule has 35 heavy (non-hydrogen) atoms. The number of hydrogen-bond donors (Lipinski definition) is 1. The van der Waals surface area contributed by atoms with Gasteiger partial charge in [-0.15, -0.1) is 0 Å². The van der Waals surface area contributed by atoms with E-state index in [4.69, 9.17) is 16.3 Å². The summed E-state index contributed by atoms with van der Waals surface area (Å²) in [7, 11) is 1.24. The van der Waals surface area contributed by atoms with Crippen molar-refractivity contribution in [3.05, 3.63) is 100 Å². The number of halogens is 1. The Bertz CT molecular complexity index is 1340. The van der Waals surface area contributed by atoms with Gasteiger partial charge in [0.05, 0.1) is 23.4 Å². The third-order valence-electron chi connectivity index (χ3n) is 5.15. The highest BCUT2D eigenvalue weighted by Crippen LogP contribution is 2.28. The van der Waals surface area contributed by atoms with Crippen molar-refractivity contribution in [2.75, 3.05) is 12.0 Å². The molecule has 1 heterocycles. The fraction of sp³-hybridized carbons (Fsp3) is 0.0769. The normalized spacial score (nSPS) is 14.6. The van der Waals surface area contributed by atoms with Crippen LogP contribution in [0, 0.1) is 0 Å². The fourth-order valence-corrected chi connectivity index (χ4v) is 3.63. The third-order valence-corrected chi connectivity index (χ3v) is 5.45. The van der Waals surface area contributed by atoms with Gasteiger partial charge in [-0.25, -0.2) is 14.5 Å². The number of esters is 1. The Balaban J connectivity index is 1.55. The number of nitrogens with one attached hydrogen (secondary N) is 1. The molecule has 9 heteroatoms. The van der Waals surface area contributed by atoms with Gasteiger partial charge in [0.25, 0.3) is 11.8 Å². The molecule has 0 unspecified atom stereocenters. The maximum absolute atomic E-state index is 13.1. The minimum absolute atomic E-state index is 0.182. The van der Waals surface area contributed by atoms with Crippen molar-refractivity contribution in [3.8, 4) is 5.75 Å². The average Bonchev–Trinajstić information content (AvgIpc) is 2.86. The van der Waals surface area contributed by atoms with Gasteiger partial charge in [0.15, 0.2) is 0 Å². The topological polar surface area (TPSA) is 102 Å². The molecule has 0 saturated carbocycles. The Morgan fingerprint density at radius 3 is 2.37 bits per heavy atom. The number of hydrogen-bond acceptors (Lipinski definition) is 6. The Morgan fingerprint density at radius 2 is 1.71 bits per heavy atom. The van der Waals surface area contributed by atoms with Crippen molar-refractivity contribution in [2.24, 2.45) is 0 Å². The first kappa shape index (κ1) is 23.7. The molecule has 4 amide bonds. The van der Waals surface area contributed by atoms with Crippen molar-refractivity contribution < 1.29 is 28.7 Å². The number of benzene rings is 3. The first-order valence-electron chi connectivity index (χ1n) is 10.4. The predicted octanol–water partition coefficient (Wildman–Crippen LogP) is 4.37. The molecule has 3 aromatic carbocycles. The van der Waals surface area contributed by atoms with Gasteiger partial charge in [0, 0.05) is 0 Å². The van der Waals surface area contributed by atoms with Crippen LogP contribution in [0.4, 0.5) is 10.5 Å². The number of anilines is 1. The molecule has 1 saturated heterocycles. The minimum Gasteiger partial charge on any atom is -0.487 e. The summed E-state index contributed by atoms with van der Waals surface area (Å²) in [4.78, 5) is 50.3. The van der Waals surface area contributed by atoms with E-state index in [1.165, 1.54) is 37.5 Å². The Hall–Kier alpha value is -4.43. The second-order valence-corrected chi connectivity index (χ2v) is 7.87. The minimum atomic E-state index is -0.898. The summed E-state index contributed by atoms with van der Waals surface area (Å²) in [5, 5.41) is 2.45. The van der Waals surface area contributed by atoms with E-state index in [1.54, 1.807) is 18.2 Å². The number of imide groups is 2. The van der Waals surface area contributed by atoms with Crippen LogP contribution in [0.5, 0.6) is 5.75 Å². The first-order valence-corrected chi connectivity index (χ1v) is 10.8. The highest BCUT2D eigenvalue weighted by atomic mass is 35.5. The molecule has 0 bridgehead atoms. The summed E-state index contributed by atoms with van der Waals surface area (Å²) in [6.07, 6.45) is 1.34. The first-order chi connectivity index (χ1) is 16.9. The summed E-state index contributed by atoms with van der Waals surface area (Å²) >= 11 is 6.34. The van der Waals surface area contributed by atoms with Crippen LogP contribution in [0.1, 0.15) is 21.5 Å². The maximum Gasteiger partial charge on any atom is 0.337 e. The van der Waals surface area contributed by atoms with E-state index >= 15 is 0 Å². The number of urea groups is 1. The Labute approximate surface area is 205 Å². The summed E-state index contributed by atoms with van der Waals surface area (Å²) in [6.45, 7) is 0.327. The smallest absolute Gasteiger partial charge is 0.337 e. The number of barbiturate groups is 1. The zero-order valence-electron chi connectivity index (χ0n) is 18.5. The van der Waals surface area contributed by atoms with Gasteiger partial charge in [-0.05, 0) is 53.6 Å². The molecule has 1 aliphatic rings. The summed E-state index contributed by atoms with van der Waals surface area (Å²) in [6, 6.07) is 19.2. The Morgan fingerprint density at radius 1 is 1.00 bits per heavy atom. The van der Waals surface area contributed by atoms with Gasteiger partial charge >= 0.3 is 12.0 Å². The molecule has 0 radical (unpaired) electrons. The third kappa shape index (κ3) is 5.23. The quantitative estimate of drug-likeness (QED) is 0.313. The van der Waals surface area contributed by atoms with Gasteiger partial charge in [0.1, 0.15) is 17.9 Å². The molecule has 176 valence electrons. The van der Waals surface area contributed by atoms with Gasteiger partial charge in [-0.2, -0.15) is 0 Å². The second kappa shape index (κ2) is 10.2. The maximum atomic E-state index is 13.1. The van der Waals surface area contributed by atoms with Crippen LogP contribution >= 0.6 is 11.6 Å². The van der Waals surface area contributed by atoms with Crippen LogP contribution in [-0.4, -0.2) is 30.9 Å². The van der Waals surface area contributed by atoms with E-state index in [-0.39, 0.29) is 16.8 Å². The molecule has 8 nitrogen and oxygen atoms in total. The van der Waals surface area contributed by atoms with Gasteiger partial charge in [0.2, 0.25) is 0 Å². The molecular weight excluding hydrogens is 472 g/mol. The highest BCUT2D eigenvalue weighted by Gasteiger charge is 2.36. The van der Waals surface area contributed by atoms with Crippen molar-refractivity contribution in [1.82, 2.24) is 5.32 Å². The van der Waals surface area contributed by atoms with Crippen LogP contribution in [0.2, 0.25) is 5.02 Å². The Kier molecular flexibility index (Phi) is 6.93. The number of amides is 4. The number of carbonyl (C=O) groups is 4. The lowest BCUT2D eigenvalue weighted by molar-refractivity contribution is -0.122. The van der Waals surface area contributed by atoms with E-state index in [2.05, 4.69) is 10.1 Å². The lowest BCUT2D eigenvalue weighted by Gasteiger charge is -2.26. The van der Waals surface area contributed by atoms with Crippen molar-refractivity contribution in [1.29, 1.82) is 0 Å². The van der Waals surface area contributed by atoms with E-state index in [9.17, 15) is 19.2 Å². The molecule has 1 fully saturated rings. The van der Waals surface area contributed by atoms with E-state index in [0.717, 1.165) is 10.5 Å². The van der Waals surface area contributed by atoms with Gasteiger partial charge in [-0.3, -0.25) is 14.9 Å². The van der Waals surface area contributed by atoms with Crippen LogP contribution in [-0.2, 0) is 20.9 Å². The lowest BCUT2D eigenvalue weighted by Crippen LogP contribution is -2.54. The van der Waals surface area contributed by atoms with Crippen LogP contribution in [0.25, 0.3) is 6.08 Å². The van der Waals surface area contributed by atoms with Crippen molar-refractivity contribution in [3.63, 3.8) is 0 Å². The summed E-state index contributed by atoms with van der Waals surface area (Å²) in [5.74, 6) is -1.76.